The lowest BCUT2D eigenvalue weighted by molar-refractivity contribution is -0.116. The second-order valence-corrected chi connectivity index (χ2v) is 9.72. The third kappa shape index (κ3) is 3.57. The predicted molar refractivity (Wildman–Crippen MR) is 123 cm³/mol. The van der Waals surface area contributed by atoms with E-state index in [1.54, 1.807) is 0 Å². The molecule has 6 heteroatoms. The summed E-state index contributed by atoms with van der Waals surface area (Å²) in [5, 5.41) is 8.90. The van der Waals surface area contributed by atoms with Crippen molar-refractivity contribution in [2.75, 3.05) is 5.32 Å². The number of benzene rings is 2. The number of aromatic nitrogens is 3. The Kier molecular flexibility index (Phi) is 4.74. The number of rotatable bonds is 2. The number of anilines is 1. The molecule has 0 amide bonds. The minimum absolute atomic E-state index is 0.0873. The van der Waals surface area contributed by atoms with Gasteiger partial charge in [-0.05, 0) is 41.5 Å². The maximum absolute atomic E-state index is 12.9. The molecular formula is C25H25ClN4O. The van der Waals surface area contributed by atoms with Gasteiger partial charge in [0.1, 0.15) is 6.04 Å². The third-order valence-corrected chi connectivity index (χ3v) is 6.31. The zero-order valence-electron chi connectivity index (χ0n) is 17.9. The van der Waals surface area contributed by atoms with Gasteiger partial charge in [-0.1, -0.05) is 68.8 Å². The van der Waals surface area contributed by atoms with Gasteiger partial charge in [0.2, 0.25) is 5.95 Å². The Hall–Kier alpha value is -2.92. The molecule has 2 aliphatic rings. The Morgan fingerprint density at radius 1 is 1.03 bits per heavy atom. The maximum atomic E-state index is 12.9. The summed E-state index contributed by atoms with van der Waals surface area (Å²) >= 11 is 6.12. The second kappa shape index (κ2) is 7.34. The number of carbonyl (C=O) groups excluding carboxylic acids is 1. The van der Waals surface area contributed by atoms with Crippen LogP contribution >= 0.6 is 11.6 Å². The molecule has 2 heterocycles. The number of nitrogens with one attached hydrogen (secondary N) is 1. The van der Waals surface area contributed by atoms with Gasteiger partial charge in [0.25, 0.3) is 0 Å². The zero-order valence-corrected chi connectivity index (χ0v) is 18.7. The summed E-state index contributed by atoms with van der Waals surface area (Å²) in [6, 6.07) is 15.7. The van der Waals surface area contributed by atoms with Crippen LogP contribution in [0, 0.1) is 0 Å². The number of fused-ring (bicyclic) bond motifs is 1. The van der Waals surface area contributed by atoms with Gasteiger partial charge >= 0.3 is 0 Å². The van der Waals surface area contributed by atoms with Gasteiger partial charge in [0.05, 0.1) is 0 Å². The van der Waals surface area contributed by atoms with Crippen LogP contribution in [0.25, 0.3) is 11.4 Å². The smallest absolute Gasteiger partial charge is 0.226 e. The van der Waals surface area contributed by atoms with E-state index in [1.807, 2.05) is 28.9 Å². The van der Waals surface area contributed by atoms with E-state index < -0.39 is 0 Å². The van der Waals surface area contributed by atoms with Gasteiger partial charge < -0.3 is 5.32 Å². The third-order valence-electron chi connectivity index (χ3n) is 6.06. The number of nitrogens with zero attached hydrogens (tertiary/aromatic N) is 3. The van der Waals surface area contributed by atoms with E-state index in [4.69, 9.17) is 21.7 Å². The lowest BCUT2D eigenvalue weighted by Gasteiger charge is -2.32. The molecule has 1 aromatic heterocycles. The zero-order chi connectivity index (χ0) is 21.8. The number of hydrogen-bond acceptors (Lipinski definition) is 4. The Morgan fingerprint density at radius 3 is 2.42 bits per heavy atom. The van der Waals surface area contributed by atoms with Crippen molar-refractivity contribution in [2.24, 2.45) is 0 Å². The van der Waals surface area contributed by atoms with Crippen LogP contribution in [0.5, 0.6) is 0 Å². The molecule has 0 spiro atoms. The summed E-state index contributed by atoms with van der Waals surface area (Å²) in [7, 11) is 0. The Morgan fingerprint density at radius 2 is 1.74 bits per heavy atom. The van der Waals surface area contributed by atoms with E-state index >= 15 is 0 Å². The van der Waals surface area contributed by atoms with E-state index in [2.05, 4.69) is 50.4 Å². The van der Waals surface area contributed by atoms with Crippen LogP contribution in [-0.4, -0.2) is 20.5 Å². The van der Waals surface area contributed by atoms with Crippen LogP contribution < -0.4 is 5.32 Å². The molecule has 0 saturated carbocycles. The summed E-state index contributed by atoms with van der Waals surface area (Å²) in [5.41, 5.74) is 5.04. The molecule has 1 unspecified atom stereocenters. The van der Waals surface area contributed by atoms with Crippen LogP contribution in [0.4, 0.5) is 5.95 Å². The minimum atomic E-state index is -0.300. The predicted octanol–water partition coefficient (Wildman–Crippen LogP) is 5.92. The molecular weight excluding hydrogens is 408 g/mol. The lowest BCUT2D eigenvalue weighted by atomic mass is 9.85. The fourth-order valence-electron chi connectivity index (χ4n) is 4.35. The summed E-state index contributed by atoms with van der Waals surface area (Å²) < 4.78 is 1.85. The quantitative estimate of drug-likeness (QED) is 0.546. The number of allylic oxidation sites excluding steroid dienone is 2. The molecule has 31 heavy (non-hydrogen) atoms. The van der Waals surface area contributed by atoms with Crippen molar-refractivity contribution in [3.8, 4) is 11.4 Å². The van der Waals surface area contributed by atoms with Crippen LogP contribution in [0.1, 0.15) is 57.2 Å². The van der Waals surface area contributed by atoms with Crippen molar-refractivity contribution in [3.05, 3.63) is 76.0 Å². The number of Topliss-reactive ketones (excluding diaryl/α,β-unsaturated/α-hetero) is 1. The highest BCUT2D eigenvalue weighted by Gasteiger charge is 2.36. The number of ketones is 1. The van der Waals surface area contributed by atoms with E-state index in [1.165, 1.54) is 5.56 Å². The first kappa shape index (κ1) is 20.0. The van der Waals surface area contributed by atoms with Crippen molar-refractivity contribution in [1.29, 1.82) is 0 Å². The van der Waals surface area contributed by atoms with Gasteiger partial charge in [0.15, 0.2) is 11.6 Å². The van der Waals surface area contributed by atoms with Crippen molar-refractivity contribution in [2.45, 2.75) is 51.5 Å². The molecule has 1 atom stereocenters. The fraction of sp³-hybridized carbons (Fsp3) is 0.320. The number of hydrogen-bond donors (Lipinski definition) is 1. The molecule has 3 aromatic rings. The average molecular weight is 433 g/mol. The van der Waals surface area contributed by atoms with E-state index in [9.17, 15) is 4.79 Å². The molecule has 5 rings (SSSR count). The normalized spacial score (nSPS) is 18.5. The van der Waals surface area contributed by atoms with Gasteiger partial charge in [0, 0.05) is 28.3 Å². The number of carbonyl (C=O) groups is 1. The molecule has 2 aromatic carbocycles. The molecule has 0 radical (unpaired) electrons. The van der Waals surface area contributed by atoms with Crippen LogP contribution in [-0.2, 0) is 10.2 Å². The largest absolute Gasteiger partial charge is 0.328 e. The Balaban J connectivity index is 1.60. The molecule has 1 N–H and O–H groups in total. The summed E-state index contributed by atoms with van der Waals surface area (Å²) in [6.07, 6.45) is 2.26. The van der Waals surface area contributed by atoms with Gasteiger partial charge in [-0.2, -0.15) is 4.98 Å². The summed E-state index contributed by atoms with van der Waals surface area (Å²) in [6.45, 7) is 6.59. The monoisotopic (exact) mass is 432 g/mol. The lowest BCUT2D eigenvalue weighted by Crippen LogP contribution is -2.31. The van der Waals surface area contributed by atoms with Gasteiger partial charge in [-0.15, -0.1) is 5.10 Å². The Bertz CT molecular complexity index is 1180. The molecule has 1 aliphatic carbocycles. The summed E-state index contributed by atoms with van der Waals surface area (Å²) in [5.74, 6) is 1.49. The minimum Gasteiger partial charge on any atom is -0.328 e. The highest BCUT2D eigenvalue weighted by molar-refractivity contribution is 6.30. The molecule has 158 valence electrons. The second-order valence-electron chi connectivity index (χ2n) is 9.28. The van der Waals surface area contributed by atoms with Crippen LogP contribution in [0.3, 0.4) is 0 Å². The first-order valence-electron chi connectivity index (χ1n) is 10.7. The first-order valence-corrected chi connectivity index (χ1v) is 11.1. The van der Waals surface area contributed by atoms with Crippen LogP contribution in [0.2, 0.25) is 5.02 Å². The fourth-order valence-corrected chi connectivity index (χ4v) is 4.48. The SMILES string of the molecule is CC(C)(C)c1ccc(-c2nc3n(n2)C(c2ccc(Cl)cc2)C2=C(CCCC2=O)N3)cc1. The number of halogens is 1. The average Bonchev–Trinajstić information content (AvgIpc) is 3.16. The van der Waals surface area contributed by atoms with E-state index in [-0.39, 0.29) is 17.2 Å². The molecule has 0 fully saturated rings. The van der Waals surface area contributed by atoms with Crippen molar-refractivity contribution >= 4 is 23.3 Å². The van der Waals surface area contributed by atoms with Crippen molar-refractivity contribution < 1.29 is 4.79 Å². The van der Waals surface area contributed by atoms with E-state index in [0.717, 1.165) is 35.2 Å². The standard InChI is InChI=1S/C25H25ClN4O/c1-25(2,3)17-11-7-16(8-12-17)23-28-24-27-19-5-4-6-20(31)21(19)22(30(24)29-23)15-9-13-18(26)14-10-15/h7-14,22H,4-6H2,1-3H3,(H,27,28,29). The van der Waals surface area contributed by atoms with Gasteiger partial charge in [-0.3, -0.25) is 4.79 Å². The Labute approximate surface area is 187 Å². The topological polar surface area (TPSA) is 59.8 Å². The van der Waals surface area contributed by atoms with Crippen molar-refractivity contribution in [3.63, 3.8) is 0 Å². The van der Waals surface area contributed by atoms with Crippen molar-refractivity contribution in [1.82, 2.24) is 14.8 Å². The summed E-state index contributed by atoms with van der Waals surface area (Å²) in [4.78, 5) is 17.7. The van der Waals surface area contributed by atoms with Crippen LogP contribution in [0.15, 0.2) is 59.8 Å². The maximum Gasteiger partial charge on any atom is 0.226 e. The first-order chi connectivity index (χ1) is 14.8. The highest BCUT2D eigenvalue weighted by atomic mass is 35.5. The highest BCUT2D eigenvalue weighted by Crippen LogP contribution is 2.41. The molecule has 0 bridgehead atoms. The molecule has 5 nitrogen and oxygen atoms in total. The van der Waals surface area contributed by atoms with E-state index in [0.29, 0.717) is 23.2 Å². The molecule has 0 saturated heterocycles. The van der Waals surface area contributed by atoms with Gasteiger partial charge in [-0.25, -0.2) is 4.68 Å². The molecule has 1 aliphatic heterocycles.